The molecule has 0 atom stereocenters. The van der Waals surface area contributed by atoms with Gasteiger partial charge in [-0.25, -0.2) is 4.39 Å². The highest BCUT2D eigenvalue weighted by Crippen LogP contribution is 2.31. The van der Waals surface area contributed by atoms with Crippen molar-refractivity contribution in [1.82, 2.24) is 15.2 Å². The lowest BCUT2D eigenvalue weighted by atomic mass is 10.2. The van der Waals surface area contributed by atoms with Gasteiger partial charge in [0.15, 0.2) is 0 Å². The number of amides is 3. The summed E-state index contributed by atoms with van der Waals surface area (Å²) in [5, 5.41) is 5.76. The fraction of sp³-hybridized carbons (Fsp3) is 0.207. The second-order valence-electron chi connectivity index (χ2n) is 9.47. The maximum atomic E-state index is 14.1. The zero-order valence-corrected chi connectivity index (χ0v) is 22.0. The number of hydrogen-bond acceptors (Lipinski definition) is 4. The number of H-pyrrole nitrogens is 1. The SMILES string of the molecule is CC(C)NC(=O)CN(CC(=O)Nc1ccc(Oc2ccc(C(F)(F)F)cc2)cc1)C(=O)c1cc2cccc(F)c2[nH]1. The summed E-state index contributed by atoms with van der Waals surface area (Å²) in [6.45, 7) is 2.61. The van der Waals surface area contributed by atoms with Crippen LogP contribution in [0.1, 0.15) is 29.9 Å². The van der Waals surface area contributed by atoms with Crippen molar-refractivity contribution in [3.05, 3.63) is 89.9 Å². The largest absolute Gasteiger partial charge is 0.457 e. The smallest absolute Gasteiger partial charge is 0.416 e. The number of hydrogen-bond donors (Lipinski definition) is 3. The Hall–Kier alpha value is -4.87. The molecule has 0 radical (unpaired) electrons. The third-order valence-electron chi connectivity index (χ3n) is 5.80. The van der Waals surface area contributed by atoms with E-state index in [1.165, 1.54) is 54.6 Å². The number of benzene rings is 3. The molecule has 3 aromatic carbocycles. The number of nitrogens with one attached hydrogen (secondary N) is 3. The Morgan fingerprint density at radius 1 is 0.902 bits per heavy atom. The third kappa shape index (κ3) is 7.62. The molecule has 214 valence electrons. The fourth-order valence-corrected chi connectivity index (χ4v) is 3.97. The van der Waals surface area contributed by atoms with Gasteiger partial charge in [0.25, 0.3) is 5.91 Å². The Bertz CT molecular complexity index is 1550. The molecule has 4 aromatic rings. The van der Waals surface area contributed by atoms with Crippen LogP contribution in [0.15, 0.2) is 72.8 Å². The normalized spacial score (nSPS) is 11.4. The van der Waals surface area contributed by atoms with Crippen molar-refractivity contribution in [2.45, 2.75) is 26.1 Å². The molecule has 8 nitrogen and oxygen atoms in total. The standard InChI is InChI=1S/C29H26F4N4O4/c1-17(2)34-25(38)15-37(28(40)24-14-18-4-3-5-23(30)27(18)36-24)16-26(39)35-20-8-12-22(13-9-20)41-21-10-6-19(7-11-21)29(31,32)33/h3-14,17,36H,15-16H2,1-2H3,(H,34,38)(H,35,39). The van der Waals surface area contributed by atoms with Crippen LogP contribution < -0.4 is 15.4 Å². The molecule has 1 aromatic heterocycles. The van der Waals surface area contributed by atoms with Crippen LogP contribution >= 0.6 is 0 Å². The summed E-state index contributed by atoms with van der Waals surface area (Å²) in [5.74, 6) is -1.79. The van der Waals surface area contributed by atoms with Crippen molar-refractivity contribution in [2.75, 3.05) is 18.4 Å². The van der Waals surface area contributed by atoms with E-state index in [1.54, 1.807) is 19.9 Å². The number of carbonyl (C=O) groups is 3. The first-order valence-electron chi connectivity index (χ1n) is 12.5. The molecule has 0 spiro atoms. The number of para-hydroxylation sites is 1. The van der Waals surface area contributed by atoms with E-state index in [0.29, 0.717) is 16.8 Å². The number of aromatic nitrogens is 1. The van der Waals surface area contributed by atoms with Crippen LogP contribution in [0.5, 0.6) is 11.5 Å². The predicted octanol–water partition coefficient (Wildman–Crippen LogP) is 5.72. The predicted molar refractivity (Wildman–Crippen MR) is 144 cm³/mol. The number of fused-ring (bicyclic) bond motifs is 1. The lowest BCUT2D eigenvalue weighted by Gasteiger charge is -2.22. The zero-order valence-electron chi connectivity index (χ0n) is 22.0. The summed E-state index contributed by atoms with van der Waals surface area (Å²) >= 11 is 0. The molecule has 0 saturated heterocycles. The van der Waals surface area contributed by atoms with Crippen LogP contribution in [0.4, 0.5) is 23.2 Å². The molecule has 4 rings (SSSR count). The zero-order chi connectivity index (χ0) is 29.7. The van der Waals surface area contributed by atoms with Gasteiger partial charge in [-0.1, -0.05) is 12.1 Å². The van der Waals surface area contributed by atoms with Gasteiger partial charge in [-0.3, -0.25) is 14.4 Å². The Labute approximate surface area is 232 Å². The van der Waals surface area contributed by atoms with Crippen molar-refractivity contribution >= 4 is 34.3 Å². The van der Waals surface area contributed by atoms with E-state index in [1.807, 2.05) is 0 Å². The first kappa shape index (κ1) is 29.1. The van der Waals surface area contributed by atoms with Crippen LogP contribution in [0, 0.1) is 5.82 Å². The van der Waals surface area contributed by atoms with Crippen molar-refractivity contribution < 1.29 is 36.7 Å². The Balaban J connectivity index is 1.43. The van der Waals surface area contributed by atoms with Gasteiger partial charge in [0.2, 0.25) is 11.8 Å². The first-order chi connectivity index (χ1) is 19.4. The van der Waals surface area contributed by atoms with E-state index >= 15 is 0 Å². The molecule has 0 aliphatic heterocycles. The molecule has 12 heteroatoms. The lowest BCUT2D eigenvalue weighted by Crippen LogP contribution is -2.45. The minimum atomic E-state index is -4.45. The minimum absolute atomic E-state index is 0.0139. The molecule has 1 heterocycles. The summed E-state index contributed by atoms with van der Waals surface area (Å²) in [6, 6.07) is 15.9. The summed E-state index contributed by atoms with van der Waals surface area (Å²) < 4.78 is 57.9. The van der Waals surface area contributed by atoms with Crippen LogP contribution in [0.25, 0.3) is 10.9 Å². The van der Waals surface area contributed by atoms with Gasteiger partial charge in [-0.05, 0) is 74.5 Å². The van der Waals surface area contributed by atoms with E-state index in [9.17, 15) is 31.9 Å². The van der Waals surface area contributed by atoms with E-state index in [0.717, 1.165) is 17.0 Å². The first-order valence-corrected chi connectivity index (χ1v) is 12.5. The minimum Gasteiger partial charge on any atom is -0.457 e. The number of alkyl halides is 3. The van der Waals surface area contributed by atoms with Gasteiger partial charge in [-0.15, -0.1) is 0 Å². The van der Waals surface area contributed by atoms with Gasteiger partial charge in [-0.2, -0.15) is 13.2 Å². The van der Waals surface area contributed by atoms with Gasteiger partial charge in [0.1, 0.15) is 36.1 Å². The quantitative estimate of drug-likeness (QED) is 0.224. The molecular weight excluding hydrogens is 544 g/mol. The number of halogens is 4. The molecule has 41 heavy (non-hydrogen) atoms. The number of ether oxygens (including phenoxy) is 1. The van der Waals surface area contributed by atoms with Crippen molar-refractivity contribution in [2.24, 2.45) is 0 Å². The Morgan fingerprint density at radius 3 is 2.10 bits per heavy atom. The maximum Gasteiger partial charge on any atom is 0.416 e. The summed E-state index contributed by atoms with van der Waals surface area (Å²) in [4.78, 5) is 42.3. The molecule has 3 N–H and O–H groups in total. The van der Waals surface area contributed by atoms with E-state index in [4.69, 9.17) is 4.74 Å². The molecule has 3 amide bonds. The van der Waals surface area contributed by atoms with Crippen LogP contribution in [-0.2, 0) is 15.8 Å². The molecule has 0 unspecified atom stereocenters. The van der Waals surface area contributed by atoms with Crippen molar-refractivity contribution in [3.8, 4) is 11.5 Å². The van der Waals surface area contributed by atoms with Crippen molar-refractivity contribution in [1.29, 1.82) is 0 Å². The number of carbonyl (C=O) groups excluding carboxylic acids is 3. The van der Waals surface area contributed by atoms with Crippen molar-refractivity contribution in [3.63, 3.8) is 0 Å². The Morgan fingerprint density at radius 2 is 1.51 bits per heavy atom. The van der Waals surface area contributed by atoms with E-state index in [2.05, 4.69) is 15.6 Å². The highest BCUT2D eigenvalue weighted by molar-refractivity contribution is 6.02. The van der Waals surface area contributed by atoms with E-state index < -0.39 is 48.4 Å². The molecule has 0 bridgehead atoms. The van der Waals surface area contributed by atoms with Gasteiger partial charge < -0.3 is 25.3 Å². The summed E-state index contributed by atoms with van der Waals surface area (Å²) in [6.07, 6.45) is -4.45. The third-order valence-corrected chi connectivity index (χ3v) is 5.80. The molecule has 0 fully saturated rings. The summed E-state index contributed by atoms with van der Waals surface area (Å²) in [7, 11) is 0. The van der Waals surface area contributed by atoms with Crippen LogP contribution in [0.3, 0.4) is 0 Å². The highest BCUT2D eigenvalue weighted by Gasteiger charge is 2.30. The van der Waals surface area contributed by atoms with Gasteiger partial charge in [0.05, 0.1) is 11.1 Å². The number of nitrogens with zero attached hydrogens (tertiary/aromatic N) is 1. The molecule has 0 aliphatic rings. The Kier molecular flexibility index (Phi) is 8.60. The number of rotatable bonds is 9. The summed E-state index contributed by atoms with van der Waals surface area (Å²) in [5.41, 5.74) is -0.305. The average molecular weight is 571 g/mol. The second kappa shape index (κ2) is 12.1. The molecule has 0 saturated carbocycles. The number of anilines is 1. The monoisotopic (exact) mass is 570 g/mol. The molecule has 0 aliphatic carbocycles. The lowest BCUT2D eigenvalue weighted by molar-refractivity contribution is -0.137. The van der Waals surface area contributed by atoms with Crippen LogP contribution in [-0.4, -0.2) is 46.7 Å². The fourth-order valence-electron chi connectivity index (χ4n) is 3.97. The number of aromatic amines is 1. The second-order valence-corrected chi connectivity index (χ2v) is 9.47. The molecular formula is C29H26F4N4O4. The maximum absolute atomic E-state index is 14.1. The van der Waals surface area contributed by atoms with Gasteiger partial charge >= 0.3 is 6.18 Å². The van der Waals surface area contributed by atoms with E-state index in [-0.39, 0.29) is 23.0 Å². The van der Waals surface area contributed by atoms with Gasteiger partial charge in [0, 0.05) is 17.1 Å². The topological polar surface area (TPSA) is 104 Å². The highest BCUT2D eigenvalue weighted by atomic mass is 19.4. The average Bonchev–Trinajstić information content (AvgIpc) is 3.34. The van der Waals surface area contributed by atoms with Crippen LogP contribution in [0.2, 0.25) is 0 Å².